The van der Waals surface area contributed by atoms with Crippen molar-refractivity contribution in [1.29, 1.82) is 0 Å². The monoisotopic (exact) mass is 256 g/mol. The molecule has 0 aliphatic rings. The summed E-state index contributed by atoms with van der Waals surface area (Å²) < 4.78 is 18.1. The van der Waals surface area contributed by atoms with Crippen LogP contribution in [-0.2, 0) is 16.0 Å². The molecule has 0 aliphatic heterocycles. The van der Waals surface area contributed by atoms with Gasteiger partial charge < -0.3 is 14.9 Å². The number of carbonyl (C=O) groups is 2. The van der Waals surface area contributed by atoms with Gasteiger partial charge >= 0.3 is 11.9 Å². The molecule has 0 saturated heterocycles. The summed E-state index contributed by atoms with van der Waals surface area (Å²) in [5, 5.41) is 17.5. The molecule has 0 radical (unpaired) electrons. The molecule has 0 heterocycles. The van der Waals surface area contributed by atoms with Gasteiger partial charge in [0.1, 0.15) is 0 Å². The second kappa shape index (κ2) is 6.00. The molecule has 1 atom stereocenters. The van der Waals surface area contributed by atoms with Crippen LogP contribution in [0.5, 0.6) is 5.75 Å². The van der Waals surface area contributed by atoms with E-state index in [1.807, 2.05) is 0 Å². The minimum absolute atomic E-state index is 0.0391. The fraction of sp³-hybridized carbons (Fsp3) is 0.333. The first-order valence-corrected chi connectivity index (χ1v) is 5.21. The molecule has 0 saturated carbocycles. The maximum absolute atomic E-state index is 13.4. The lowest BCUT2D eigenvalue weighted by Crippen LogP contribution is -2.20. The zero-order chi connectivity index (χ0) is 13.7. The third-order valence-corrected chi connectivity index (χ3v) is 2.47. The Labute approximate surface area is 103 Å². The highest BCUT2D eigenvalue weighted by Crippen LogP contribution is 2.20. The molecule has 0 amide bonds. The lowest BCUT2D eigenvalue weighted by atomic mass is 9.96. The van der Waals surface area contributed by atoms with Crippen molar-refractivity contribution in [3.8, 4) is 5.75 Å². The van der Waals surface area contributed by atoms with E-state index in [0.717, 1.165) is 6.07 Å². The molecule has 0 aliphatic carbocycles. The summed E-state index contributed by atoms with van der Waals surface area (Å²) in [5.41, 5.74) is 0.418. The van der Waals surface area contributed by atoms with Gasteiger partial charge in [-0.2, -0.15) is 0 Å². The smallest absolute Gasteiger partial charge is 0.307 e. The number of hydrogen-bond donors (Lipinski definition) is 2. The Morgan fingerprint density at radius 2 is 2.06 bits per heavy atom. The molecule has 5 nitrogen and oxygen atoms in total. The van der Waals surface area contributed by atoms with Crippen LogP contribution in [0.15, 0.2) is 18.2 Å². The maximum Gasteiger partial charge on any atom is 0.307 e. The second-order valence-electron chi connectivity index (χ2n) is 3.81. The van der Waals surface area contributed by atoms with Gasteiger partial charge in [-0.15, -0.1) is 0 Å². The summed E-state index contributed by atoms with van der Waals surface area (Å²) in [6.45, 7) is 0. The van der Waals surface area contributed by atoms with E-state index in [2.05, 4.69) is 0 Å². The highest BCUT2D eigenvalue weighted by molar-refractivity contribution is 5.78. The van der Waals surface area contributed by atoms with E-state index in [1.165, 1.54) is 19.2 Å². The van der Waals surface area contributed by atoms with Crippen LogP contribution in [-0.4, -0.2) is 29.3 Å². The Balaban J connectivity index is 2.84. The van der Waals surface area contributed by atoms with Crippen molar-refractivity contribution in [3.05, 3.63) is 29.6 Å². The van der Waals surface area contributed by atoms with Gasteiger partial charge in [-0.3, -0.25) is 9.59 Å². The molecule has 0 fully saturated rings. The fourth-order valence-corrected chi connectivity index (χ4v) is 1.58. The highest BCUT2D eigenvalue weighted by atomic mass is 19.1. The number of hydrogen-bond acceptors (Lipinski definition) is 3. The zero-order valence-corrected chi connectivity index (χ0v) is 9.72. The number of ether oxygens (including phenoxy) is 1. The predicted octanol–water partition coefficient (Wildman–Crippen LogP) is 1.55. The number of methoxy groups -OCH3 is 1. The number of aliphatic carboxylic acids is 2. The molecule has 2 N–H and O–H groups in total. The van der Waals surface area contributed by atoms with E-state index in [4.69, 9.17) is 14.9 Å². The number of carboxylic acids is 2. The number of rotatable bonds is 6. The van der Waals surface area contributed by atoms with Crippen molar-refractivity contribution < 1.29 is 28.9 Å². The molecular weight excluding hydrogens is 243 g/mol. The Kier molecular flexibility index (Phi) is 4.65. The van der Waals surface area contributed by atoms with Crippen LogP contribution in [0.1, 0.15) is 12.0 Å². The Bertz CT molecular complexity index is 458. The average Bonchev–Trinajstić information content (AvgIpc) is 2.27. The van der Waals surface area contributed by atoms with Crippen molar-refractivity contribution in [3.63, 3.8) is 0 Å². The van der Waals surface area contributed by atoms with Gasteiger partial charge in [0.15, 0.2) is 11.6 Å². The van der Waals surface area contributed by atoms with Crippen LogP contribution < -0.4 is 4.74 Å². The molecule has 1 unspecified atom stereocenters. The lowest BCUT2D eigenvalue weighted by Gasteiger charge is -2.10. The Morgan fingerprint density at radius 3 is 2.50 bits per heavy atom. The highest BCUT2D eigenvalue weighted by Gasteiger charge is 2.21. The molecule has 1 aromatic carbocycles. The summed E-state index contributed by atoms with van der Waals surface area (Å²) in [6.07, 6.45) is -0.536. The van der Waals surface area contributed by atoms with E-state index in [9.17, 15) is 14.0 Å². The minimum Gasteiger partial charge on any atom is -0.494 e. The van der Waals surface area contributed by atoms with Crippen LogP contribution in [0.4, 0.5) is 4.39 Å². The van der Waals surface area contributed by atoms with Gasteiger partial charge in [-0.05, 0) is 24.1 Å². The lowest BCUT2D eigenvalue weighted by molar-refractivity contribution is -0.148. The Morgan fingerprint density at radius 1 is 1.39 bits per heavy atom. The molecule has 0 spiro atoms. The standard InChI is InChI=1S/C12H13FO5/c1-18-10-3-2-7(5-9(10)13)4-8(12(16)17)6-11(14)15/h2-3,5,8H,4,6H2,1H3,(H,14,15)(H,16,17). The van der Waals surface area contributed by atoms with Gasteiger partial charge in [0.05, 0.1) is 19.4 Å². The van der Waals surface area contributed by atoms with Crippen LogP contribution >= 0.6 is 0 Å². The molecule has 1 aromatic rings. The maximum atomic E-state index is 13.4. The summed E-state index contributed by atoms with van der Waals surface area (Å²) in [5.74, 6) is -4.03. The van der Waals surface area contributed by atoms with Crippen molar-refractivity contribution in [1.82, 2.24) is 0 Å². The summed E-state index contributed by atoms with van der Waals surface area (Å²) in [6, 6.07) is 4.04. The summed E-state index contributed by atoms with van der Waals surface area (Å²) >= 11 is 0. The largest absolute Gasteiger partial charge is 0.494 e. The normalized spacial score (nSPS) is 11.9. The van der Waals surface area contributed by atoms with E-state index in [0.29, 0.717) is 5.56 Å². The van der Waals surface area contributed by atoms with E-state index >= 15 is 0 Å². The van der Waals surface area contributed by atoms with Gasteiger partial charge in [0, 0.05) is 0 Å². The van der Waals surface area contributed by atoms with Crippen LogP contribution in [0.25, 0.3) is 0 Å². The third-order valence-electron chi connectivity index (χ3n) is 2.47. The fourth-order valence-electron chi connectivity index (χ4n) is 1.58. The van der Waals surface area contributed by atoms with E-state index < -0.39 is 30.1 Å². The molecule has 6 heteroatoms. The van der Waals surface area contributed by atoms with Gasteiger partial charge in [0.2, 0.25) is 0 Å². The number of carboxylic acid groups (broad SMARTS) is 2. The average molecular weight is 256 g/mol. The molecular formula is C12H13FO5. The first-order chi connectivity index (χ1) is 8.43. The minimum atomic E-state index is -1.21. The number of halogens is 1. The van der Waals surface area contributed by atoms with Crippen LogP contribution in [0.2, 0.25) is 0 Å². The van der Waals surface area contributed by atoms with Crippen molar-refractivity contribution >= 4 is 11.9 Å². The van der Waals surface area contributed by atoms with Gasteiger partial charge in [0.25, 0.3) is 0 Å². The molecule has 0 aromatic heterocycles. The quantitative estimate of drug-likeness (QED) is 0.806. The topological polar surface area (TPSA) is 83.8 Å². The van der Waals surface area contributed by atoms with Crippen molar-refractivity contribution in [2.75, 3.05) is 7.11 Å². The van der Waals surface area contributed by atoms with Crippen molar-refractivity contribution in [2.45, 2.75) is 12.8 Å². The Hall–Kier alpha value is -2.11. The zero-order valence-electron chi connectivity index (χ0n) is 9.72. The first kappa shape index (κ1) is 14.0. The third kappa shape index (κ3) is 3.73. The SMILES string of the molecule is COc1ccc(CC(CC(=O)O)C(=O)O)cc1F. The van der Waals surface area contributed by atoms with Gasteiger partial charge in [-0.25, -0.2) is 4.39 Å². The first-order valence-electron chi connectivity index (χ1n) is 5.21. The summed E-state index contributed by atoms with van der Waals surface area (Å²) in [4.78, 5) is 21.4. The second-order valence-corrected chi connectivity index (χ2v) is 3.81. The van der Waals surface area contributed by atoms with Crippen LogP contribution in [0, 0.1) is 11.7 Å². The molecule has 0 bridgehead atoms. The molecule has 1 rings (SSSR count). The predicted molar refractivity (Wildman–Crippen MR) is 60.0 cm³/mol. The molecule has 18 heavy (non-hydrogen) atoms. The van der Waals surface area contributed by atoms with E-state index in [-0.39, 0.29) is 12.2 Å². The summed E-state index contributed by atoms with van der Waals surface area (Å²) in [7, 11) is 1.32. The van der Waals surface area contributed by atoms with Crippen molar-refractivity contribution in [2.24, 2.45) is 5.92 Å². The molecule has 98 valence electrons. The van der Waals surface area contributed by atoms with Gasteiger partial charge in [-0.1, -0.05) is 6.07 Å². The van der Waals surface area contributed by atoms with Crippen LogP contribution in [0.3, 0.4) is 0 Å². The number of benzene rings is 1. The van der Waals surface area contributed by atoms with E-state index in [1.54, 1.807) is 0 Å².